The highest BCUT2D eigenvalue weighted by Crippen LogP contribution is 2.33. The largest absolute Gasteiger partial charge is 0.480 e. The van der Waals surface area contributed by atoms with Gasteiger partial charge in [-0.2, -0.15) is 4.98 Å². The molecular weight excluding hydrogens is 282 g/mol. The Bertz CT molecular complexity index is 445. The summed E-state index contributed by atoms with van der Waals surface area (Å²) in [5, 5.41) is 4.78. The maximum atomic E-state index is 5.42. The van der Waals surface area contributed by atoms with Crippen LogP contribution in [0.4, 0.5) is 5.13 Å². The number of rotatable bonds is 6. The molecule has 2 unspecified atom stereocenters. The third kappa shape index (κ3) is 4.10. The molecule has 21 heavy (non-hydrogen) atoms. The van der Waals surface area contributed by atoms with E-state index in [9.17, 15) is 0 Å². The van der Waals surface area contributed by atoms with E-state index in [1.807, 2.05) is 19.0 Å². The zero-order valence-electron chi connectivity index (χ0n) is 14.0. The van der Waals surface area contributed by atoms with Gasteiger partial charge in [-0.1, -0.05) is 38.0 Å². The third-order valence-electron chi connectivity index (χ3n) is 4.43. The second-order valence-corrected chi connectivity index (χ2v) is 7.57. The summed E-state index contributed by atoms with van der Waals surface area (Å²) in [5.41, 5.74) is 0. The van der Waals surface area contributed by atoms with Crippen molar-refractivity contribution in [3.05, 3.63) is 4.88 Å². The zero-order valence-corrected chi connectivity index (χ0v) is 14.8. The molecule has 0 aliphatic heterocycles. The van der Waals surface area contributed by atoms with Crippen molar-refractivity contribution in [2.24, 2.45) is 11.8 Å². The summed E-state index contributed by atoms with van der Waals surface area (Å²) in [4.78, 5) is 7.77. The molecule has 2 rings (SSSR count). The molecule has 0 radical (unpaired) electrons. The first kappa shape index (κ1) is 16.6. The summed E-state index contributed by atoms with van der Waals surface area (Å²) in [5.74, 6) is 2.32. The minimum atomic E-state index is 0.633. The molecule has 0 spiro atoms. The molecule has 1 aromatic rings. The smallest absolute Gasteiger partial charge is 0.230 e. The predicted octanol–water partition coefficient (Wildman–Crippen LogP) is 3.52. The molecule has 1 saturated carbocycles. The van der Waals surface area contributed by atoms with Crippen molar-refractivity contribution < 1.29 is 4.74 Å². The molecule has 1 aliphatic rings. The van der Waals surface area contributed by atoms with E-state index in [4.69, 9.17) is 4.74 Å². The van der Waals surface area contributed by atoms with Crippen LogP contribution in [0.1, 0.15) is 44.4 Å². The number of nitrogens with zero attached hydrogens (tertiary/aromatic N) is 2. The fraction of sp³-hybridized carbons (Fsp3) is 0.812. The Morgan fingerprint density at radius 3 is 2.67 bits per heavy atom. The number of aromatic nitrogens is 1. The molecule has 2 atom stereocenters. The standard InChI is InChI=1S/C16H29N3OS/c1-11(2)12-8-6-7-9-13(12)17-10-14-15(20-5)18-16(21-14)19(3)4/h11-13,17H,6-10H2,1-5H3. The second kappa shape index (κ2) is 7.45. The number of anilines is 1. The van der Waals surface area contributed by atoms with Crippen LogP contribution < -0.4 is 15.0 Å². The molecule has 120 valence electrons. The molecule has 1 N–H and O–H groups in total. The lowest BCUT2D eigenvalue weighted by Crippen LogP contribution is -2.40. The summed E-state index contributed by atoms with van der Waals surface area (Å²) in [6, 6.07) is 0.633. The summed E-state index contributed by atoms with van der Waals surface area (Å²) in [6.07, 6.45) is 5.39. The van der Waals surface area contributed by atoms with Crippen molar-refractivity contribution in [2.45, 2.75) is 52.1 Å². The molecule has 0 bridgehead atoms. The average Bonchev–Trinajstić information content (AvgIpc) is 2.88. The molecule has 1 heterocycles. The highest BCUT2D eigenvalue weighted by molar-refractivity contribution is 7.15. The summed E-state index contributed by atoms with van der Waals surface area (Å²) in [7, 11) is 5.74. The quantitative estimate of drug-likeness (QED) is 0.872. The normalized spacial score (nSPS) is 22.6. The minimum absolute atomic E-state index is 0.633. The van der Waals surface area contributed by atoms with Gasteiger partial charge in [0, 0.05) is 26.7 Å². The highest BCUT2D eigenvalue weighted by Gasteiger charge is 2.27. The first-order valence-electron chi connectivity index (χ1n) is 7.97. The van der Waals surface area contributed by atoms with Crippen molar-refractivity contribution in [1.29, 1.82) is 0 Å². The first-order valence-corrected chi connectivity index (χ1v) is 8.79. The molecule has 1 aromatic heterocycles. The topological polar surface area (TPSA) is 37.4 Å². The maximum Gasteiger partial charge on any atom is 0.230 e. The van der Waals surface area contributed by atoms with Gasteiger partial charge in [0.2, 0.25) is 5.88 Å². The van der Waals surface area contributed by atoms with E-state index in [2.05, 4.69) is 24.1 Å². The zero-order chi connectivity index (χ0) is 15.4. The maximum absolute atomic E-state index is 5.42. The van der Waals surface area contributed by atoms with Gasteiger partial charge in [-0.25, -0.2) is 0 Å². The van der Waals surface area contributed by atoms with E-state index < -0.39 is 0 Å². The number of methoxy groups -OCH3 is 1. The van der Waals surface area contributed by atoms with Gasteiger partial charge in [0.05, 0.1) is 12.0 Å². The molecule has 1 fully saturated rings. The van der Waals surface area contributed by atoms with Crippen LogP contribution in [0.3, 0.4) is 0 Å². The fourth-order valence-corrected chi connectivity index (χ4v) is 4.13. The lowest BCUT2D eigenvalue weighted by Gasteiger charge is -2.35. The number of hydrogen-bond donors (Lipinski definition) is 1. The van der Waals surface area contributed by atoms with Crippen LogP contribution in [0.5, 0.6) is 5.88 Å². The van der Waals surface area contributed by atoms with E-state index in [0.29, 0.717) is 6.04 Å². The van der Waals surface area contributed by atoms with E-state index in [1.54, 1.807) is 18.4 Å². The van der Waals surface area contributed by atoms with Crippen molar-refractivity contribution >= 4 is 16.5 Å². The van der Waals surface area contributed by atoms with Crippen LogP contribution in [0.25, 0.3) is 0 Å². The van der Waals surface area contributed by atoms with Crippen LogP contribution in [-0.2, 0) is 6.54 Å². The Morgan fingerprint density at radius 1 is 1.33 bits per heavy atom. The van der Waals surface area contributed by atoms with Gasteiger partial charge in [-0.05, 0) is 24.7 Å². The molecule has 0 aromatic carbocycles. The Morgan fingerprint density at radius 2 is 2.05 bits per heavy atom. The highest BCUT2D eigenvalue weighted by atomic mass is 32.1. The first-order chi connectivity index (χ1) is 10.0. The molecular formula is C16H29N3OS. The van der Waals surface area contributed by atoms with E-state index in [-0.39, 0.29) is 0 Å². The van der Waals surface area contributed by atoms with Crippen LogP contribution in [0, 0.1) is 11.8 Å². The summed E-state index contributed by atoms with van der Waals surface area (Å²) < 4.78 is 5.42. The van der Waals surface area contributed by atoms with Crippen molar-refractivity contribution in [3.63, 3.8) is 0 Å². The third-order valence-corrected chi connectivity index (χ3v) is 5.63. The fourth-order valence-electron chi connectivity index (χ4n) is 3.22. The summed E-state index contributed by atoms with van der Waals surface area (Å²) in [6.45, 7) is 5.56. The van der Waals surface area contributed by atoms with Crippen LogP contribution in [-0.4, -0.2) is 32.2 Å². The lowest BCUT2D eigenvalue weighted by molar-refractivity contribution is 0.204. The number of ether oxygens (including phenoxy) is 1. The van der Waals surface area contributed by atoms with Crippen LogP contribution in [0.2, 0.25) is 0 Å². The van der Waals surface area contributed by atoms with E-state index >= 15 is 0 Å². The minimum Gasteiger partial charge on any atom is -0.480 e. The van der Waals surface area contributed by atoms with E-state index in [1.165, 1.54) is 30.6 Å². The van der Waals surface area contributed by atoms with E-state index in [0.717, 1.165) is 29.4 Å². The SMILES string of the molecule is COc1nc(N(C)C)sc1CNC1CCCCC1C(C)C. The van der Waals surface area contributed by atoms with Gasteiger partial charge in [0.15, 0.2) is 5.13 Å². The van der Waals surface area contributed by atoms with Gasteiger partial charge >= 0.3 is 0 Å². The molecule has 0 saturated heterocycles. The molecule has 5 heteroatoms. The molecule has 1 aliphatic carbocycles. The van der Waals surface area contributed by atoms with Crippen molar-refractivity contribution in [3.8, 4) is 5.88 Å². The van der Waals surface area contributed by atoms with Gasteiger partial charge in [0.1, 0.15) is 0 Å². The Hall–Kier alpha value is -0.810. The van der Waals surface area contributed by atoms with Crippen molar-refractivity contribution in [2.75, 3.05) is 26.1 Å². The Labute approximate surface area is 132 Å². The number of nitrogens with one attached hydrogen (secondary N) is 1. The van der Waals surface area contributed by atoms with Crippen LogP contribution in [0.15, 0.2) is 0 Å². The lowest BCUT2D eigenvalue weighted by atomic mass is 9.78. The number of hydrogen-bond acceptors (Lipinski definition) is 5. The second-order valence-electron chi connectivity index (χ2n) is 6.50. The Balaban J connectivity index is 2.01. The van der Waals surface area contributed by atoms with Crippen LogP contribution >= 0.6 is 11.3 Å². The monoisotopic (exact) mass is 311 g/mol. The van der Waals surface area contributed by atoms with Gasteiger partial charge in [0.25, 0.3) is 0 Å². The summed E-state index contributed by atoms with van der Waals surface area (Å²) >= 11 is 1.72. The molecule has 0 amide bonds. The number of thiazole rings is 1. The Kier molecular flexibility index (Phi) is 5.88. The van der Waals surface area contributed by atoms with Gasteiger partial charge in [-0.15, -0.1) is 0 Å². The van der Waals surface area contributed by atoms with Crippen molar-refractivity contribution in [1.82, 2.24) is 10.3 Å². The molecule has 4 nitrogen and oxygen atoms in total. The predicted molar refractivity (Wildman–Crippen MR) is 90.4 cm³/mol. The van der Waals surface area contributed by atoms with Gasteiger partial charge in [-0.3, -0.25) is 0 Å². The van der Waals surface area contributed by atoms with Gasteiger partial charge < -0.3 is 15.0 Å². The average molecular weight is 311 g/mol.